The number of nitrogens with zero attached hydrogens (tertiary/aromatic N) is 1. The smallest absolute Gasteiger partial charge is 0.141 e. The van der Waals surface area contributed by atoms with Crippen LogP contribution in [0.1, 0.15) is 11.5 Å². The minimum Gasteiger partial charge on any atom is -0.491 e. The second-order valence-corrected chi connectivity index (χ2v) is 4.49. The summed E-state index contributed by atoms with van der Waals surface area (Å²) in [7, 11) is 0. The van der Waals surface area contributed by atoms with Crippen LogP contribution >= 0.6 is 0 Å². The van der Waals surface area contributed by atoms with Crippen LogP contribution in [0.25, 0.3) is 11.1 Å². The van der Waals surface area contributed by atoms with Crippen molar-refractivity contribution in [3.05, 3.63) is 35.7 Å². The molecule has 1 unspecified atom stereocenters. The lowest BCUT2D eigenvalue weighted by molar-refractivity contribution is 0.263. The van der Waals surface area contributed by atoms with E-state index in [0.717, 1.165) is 34.9 Å². The van der Waals surface area contributed by atoms with Crippen molar-refractivity contribution in [3.8, 4) is 16.9 Å². The summed E-state index contributed by atoms with van der Waals surface area (Å²) >= 11 is 0. The maximum atomic E-state index is 5.60. The number of benzene rings is 1. The first-order chi connectivity index (χ1) is 8.74. The lowest BCUT2D eigenvalue weighted by Crippen LogP contribution is -2.03. The standard InChI is InChI=1S/C14H15NO3/c1-9-14(10(2)18-15-9)11-3-5-12(6-4-11)16-7-13-8-17-13/h3-6,13H,7-8H2,1-2H3. The monoisotopic (exact) mass is 245 g/mol. The van der Waals surface area contributed by atoms with Crippen molar-refractivity contribution < 1.29 is 14.0 Å². The molecule has 1 atom stereocenters. The summed E-state index contributed by atoms with van der Waals surface area (Å²) in [5.74, 6) is 1.70. The predicted molar refractivity (Wildman–Crippen MR) is 66.6 cm³/mol. The molecule has 3 rings (SSSR count). The molecule has 1 aromatic carbocycles. The summed E-state index contributed by atoms with van der Waals surface area (Å²) in [6.45, 7) is 5.31. The van der Waals surface area contributed by atoms with E-state index in [2.05, 4.69) is 5.16 Å². The molecular formula is C14H15NO3. The number of hydrogen-bond acceptors (Lipinski definition) is 4. The molecule has 4 nitrogen and oxygen atoms in total. The number of ether oxygens (including phenoxy) is 2. The fourth-order valence-corrected chi connectivity index (χ4v) is 1.97. The zero-order chi connectivity index (χ0) is 12.5. The van der Waals surface area contributed by atoms with Gasteiger partial charge in [0.25, 0.3) is 0 Å². The summed E-state index contributed by atoms with van der Waals surface area (Å²) in [5.41, 5.74) is 3.07. The van der Waals surface area contributed by atoms with E-state index in [1.807, 2.05) is 38.1 Å². The van der Waals surface area contributed by atoms with Gasteiger partial charge in [-0.1, -0.05) is 17.3 Å². The van der Waals surface area contributed by atoms with E-state index in [9.17, 15) is 0 Å². The predicted octanol–water partition coefficient (Wildman–Crippen LogP) is 2.74. The van der Waals surface area contributed by atoms with Gasteiger partial charge in [-0.15, -0.1) is 0 Å². The Bertz CT molecular complexity index is 521. The molecule has 2 aromatic rings. The van der Waals surface area contributed by atoms with Crippen LogP contribution in [-0.4, -0.2) is 24.5 Å². The maximum absolute atomic E-state index is 5.60. The highest BCUT2D eigenvalue weighted by atomic mass is 16.6. The van der Waals surface area contributed by atoms with Crippen LogP contribution in [0.4, 0.5) is 0 Å². The van der Waals surface area contributed by atoms with Crippen LogP contribution in [0.5, 0.6) is 5.75 Å². The third kappa shape index (κ3) is 2.24. The van der Waals surface area contributed by atoms with Gasteiger partial charge in [-0.3, -0.25) is 0 Å². The molecule has 1 aliphatic rings. The molecule has 0 saturated carbocycles. The summed E-state index contributed by atoms with van der Waals surface area (Å²) in [4.78, 5) is 0. The molecule has 1 fully saturated rings. The van der Waals surface area contributed by atoms with Crippen LogP contribution in [0, 0.1) is 13.8 Å². The van der Waals surface area contributed by atoms with Gasteiger partial charge in [0.05, 0.1) is 12.3 Å². The van der Waals surface area contributed by atoms with E-state index in [1.54, 1.807) is 0 Å². The summed E-state index contributed by atoms with van der Waals surface area (Å²) in [5, 5.41) is 3.96. The molecule has 0 aliphatic carbocycles. The van der Waals surface area contributed by atoms with E-state index in [4.69, 9.17) is 14.0 Å². The van der Waals surface area contributed by atoms with E-state index in [0.29, 0.717) is 6.61 Å². The van der Waals surface area contributed by atoms with Gasteiger partial charge in [0, 0.05) is 5.56 Å². The van der Waals surface area contributed by atoms with Crippen molar-refractivity contribution in [2.75, 3.05) is 13.2 Å². The number of aromatic nitrogens is 1. The highest BCUT2D eigenvalue weighted by Crippen LogP contribution is 2.28. The molecule has 94 valence electrons. The summed E-state index contributed by atoms with van der Waals surface area (Å²) in [6, 6.07) is 7.97. The Kier molecular flexibility index (Phi) is 2.80. The van der Waals surface area contributed by atoms with Gasteiger partial charge in [-0.05, 0) is 31.5 Å². The fraction of sp³-hybridized carbons (Fsp3) is 0.357. The molecule has 0 N–H and O–H groups in total. The van der Waals surface area contributed by atoms with E-state index >= 15 is 0 Å². The van der Waals surface area contributed by atoms with Gasteiger partial charge in [0.1, 0.15) is 24.2 Å². The third-order valence-corrected chi connectivity index (χ3v) is 3.01. The zero-order valence-electron chi connectivity index (χ0n) is 10.5. The highest BCUT2D eigenvalue weighted by molar-refractivity contribution is 5.68. The SMILES string of the molecule is Cc1noc(C)c1-c1ccc(OCC2CO2)cc1. The van der Waals surface area contributed by atoms with E-state index in [-0.39, 0.29) is 6.10 Å². The van der Waals surface area contributed by atoms with Crippen molar-refractivity contribution in [2.24, 2.45) is 0 Å². The lowest BCUT2D eigenvalue weighted by Gasteiger charge is -2.05. The second-order valence-electron chi connectivity index (χ2n) is 4.49. The van der Waals surface area contributed by atoms with Crippen molar-refractivity contribution in [3.63, 3.8) is 0 Å². The Morgan fingerprint density at radius 2 is 2.00 bits per heavy atom. The number of hydrogen-bond donors (Lipinski definition) is 0. The Morgan fingerprint density at radius 1 is 1.28 bits per heavy atom. The minimum atomic E-state index is 0.284. The van der Waals surface area contributed by atoms with Crippen molar-refractivity contribution in [1.82, 2.24) is 5.16 Å². The number of aryl methyl sites for hydroxylation is 2. The topological polar surface area (TPSA) is 47.8 Å². The average molecular weight is 245 g/mol. The van der Waals surface area contributed by atoms with E-state index < -0.39 is 0 Å². The lowest BCUT2D eigenvalue weighted by atomic mass is 10.0. The summed E-state index contributed by atoms with van der Waals surface area (Å²) in [6.07, 6.45) is 0.284. The Morgan fingerprint density at radius 3 is 2.56 bits per heavy atom. The van der Waals surface area contributed by atoms with Crippen LogP contribution < -0.4 is 4.74 Å². The number of rotatable bonds is 4. The first-order valence-corrected chi connectivity index (χ1v) is 6.02. The first kappa shape index (κ1) is 11.3. The van der Waals surface area contributed by atoms with Gasteiger partial charge in [0.15, 0.2) is 0 Å². The fourth-order valence-electron chi connectivity index (χ4n) is 1.97. The van der Waals surface area contributed by atoms with Gasteiger partial charge in [-0.25, -0.2) is 0 Å². The molecule has 1 aliphatic heterocycles. The van der Waals surface area contributed by atoms with Gasteiger partial charge in [0.2, 0.25) is 0 Å². The van der Waals surface area contributed by atoms with Crippen molar-refractivity contribution in [2.45, 2.75) is 20.0 Å². The van der Waals surface area contributed by atoms with Crippen LogP contribution in [0.3, 0.4) is 0 Å². The molecular weight excluding hydrogens is 230 g/mol. The minimum absolute atomic E-state index is 0.284. The van der Waals surface area contributed by atoms with Gasteiger partial charge in [-0.2, -0.15) is 0 Å². The largest absolute Gasteiger partial charge is 0.491 e. The Hall–Kier alpha value is -1.81. The zero-order valence-corrected chi connectivity index (χ0v) is 10.5. The molecule has 1 aromatic heterocycles. The molecule has 0 bridgehead atoms. The van der Waals surface area contributed by atoms with Crippen LogP contribution in [-0.2, 0) is 4.74 Å². The first-order valence-electron chi connectivity index (χ1n) is 6.02. The number of epoxide rings is 1. The third-order valence-electron chi connectivity index (χ3n) is 3.01. The second kappa shape index (κ2) is 4.46. The molecule has 18 heavy (non-hydrogen) atoms. The molecule has 0 radical (unpaired) electrons. The molecule has 0 amide bonds. The maximum Gasteiger partial charge on any atom is 0.141 e. The van der Waals surface area contributed by atoms with E-state index in [1.165, 1.54) is 0 Å². The molecule has 2 heterocycles. The average Bonchev–Trinajstić information content (AvgIpc) is 3.14. The normalized spacial score (nSPS) is 17.8. The highest BCUT2D eigenvalue weighted by Gasteiger charge is 2.23. The molecule has 1 saturated heterocycles. The molecule has 4 heteroatoms. The summed E-state index contributed by atoms with van der Waals surface area (Å²) < 4.78 is 15.9. The van der Waals surface area contributed by atoms with Crippen LogP contribution in [0.15, 0.2) is 28.8 Å². The van der Waals surface area contributed by atoms with Gasteiger partial charge >= 0.3 is 0 Å². The Balaban J connectivity index is 1.77. The Labute approximate surface area is 105 Å². The van der Waals surface area contributed by atoms with Crippen molar-refractivity contribution >= 4 is 0 Å². The quantitative estimate of drug-likeness (QED) is 0.777. The molecule has 0 spiro atoms. The van der Waals surface area contributed by atoms with Crippen molar-refractivity contribution in [1.29, 1.82) is 0 Å². The van der Waals surface area contributed by atoms with Gasteiger partial charge < -0.3 is 14.0 Å². The van der Waals surface area contributed by atoms with Crippen LogP contribution in [0.2, 0.25) is 0 Å².